The van der Waals surface area contributed by atoms with Crippen LogP contribution >= 0.6 is 0 Å². The molecule has 16 heavy (non-hydrogen) atoms. The number of aromatic amines is 1. The molecule has 0 atom stereocenters. The van der Waals surface area contributed by atoms with Gasteiger partial charge in [0.2, 0.25) is 0 Å². The van der Waals surface area contributed by atoms with Crippen LogP contribution in [0.15, 0.2) is 23.1 Å². The Morgan fingerprint density at radius 2 is 2.31 bits per heavy atom. The van der Waals surface area contributed by atoms with E-state index in [1.165, 1.54) is 6.20 Å². The van der Waals surface area contributed by atoms with E-state index in [9.17, 15) is 9.59 Å². The van der Waals surface area contributed by atoms with Crippen LogP contribution in [-0.4, -0.2) is 26.0 Å². The molecule has 0 aromatic carbocycles. The normalized spacial score (nSPS) is 10.5. The van der Waals surface area contributed by atoms with Crippen molar-refractivity contribution >= 4 is 17.0 Å². The lowest BCUT2D eigenvalue weighted by Gasteiger charge is -1.99. The number of nitrogens with one attached hydrogen (secondary N) is 1. The number of carboxylic acids is 1. The van der Waals surface area contributed by atoms with Gasteiger partial charge in [0.15, 0.2) is 5.65 Å². The summed E-state index contributed by atoms with van der Waals surface area (Å²) in [5, 5.41) is 8.93. The highest BCUT2D eigenvalue weighted by molar-refractivity contribution is 5.72. The fourth-order valence-electron chi connectivity index (χ4n) is 1.36. The number of aromatic nitrogens is 3. The number of pyridine rings is 1. The van der Waals surface area contributed by atoms with Crippen molar-refractivity contribution in [1.29, 1.82) is 0 Å². The Bertz CT molecular complexity index is 591. The zero-order chi connectivity index (χ0) is 11.5. The largest absolute Gasteiger partial charge is 0.481 e. The van der Waals surface area contributed by atoms with E-state index in [4.69, 9.17) is 5.11 Å². The molecule has 0 bridgehead atoms. The molecule has 0 unspecified atom stereocenters. The first kappa shape index (κ1) is 10.3. The second-order valence-electron chi connectivity index (χ2n) is 3.28. The lowest BCUT2D eigenvalue weighted by Crippen LogP contribution is -2.13. The molecular weight excluding hydrogens is 210 g/mol. The highest BCUT2D eigenvalue weighted by Crippen LogP contribution is 2.03. The Morgan fingerprint density at radius 1 is 1.50 bits per heavy atom. The lowest BCUT2D eigenvalue weighted by molar-refractivity contribution is -0.137. The standard InChI is InChI=1S/C10H9N3O3/c14-8(15)4-3-7-12-9-6(10(16)13-7)2-1-5-11-9/h1-2,5H,3-4H2,(H,14,15)(H,11,12,13,16). The molecule has 2 rings (SSSR count). The summed E-state index contributed by atoms with van der Waals surface area (Å²) < 4.78 is 0. The van der Waals surface area contributed by atoms with Crippen LogP contribution in [-0.2, 0) is 11.2 Å². The van der Waals surface area contributed by atoms with Crippen LogP contribution in [0, 0.1) is 0 Å². The van der Waals surface area contributed by atoms with Gasteiger partial charge in [-0.3, -0.25) is 9.59 Å². The summed E-state index contributed by atoms with van der Waals surface area (Å²) in [6.45, 7) is 0. The van der Waals surface area contributed by atoms with Gasteiger partial charge >= 0.3 is 5.97 Å². The van der Waals surface area contributed by atoms with Crippen LogP contribution in [0.4, 0.5) is 0 Å². The summed E-state index contributed by atoms with van der Waals surface area (Å²) in [6, 6.07) is 3.27. The number of aryl methyl sites for hydroxylation is 1. The molecule has 82 valence electrons. The maximum atomic E-state index is 11.6. The maximum absolute atomic E-state index is 11.6. The van der Waals surface area contributed by atoms with Gasteiger partial charge in [0.1, 0.15) is 5.82 Å². The molecule has 2 heterocycles. The van der Waals surface area contributed by atoms with E-state index in [1.54, 1.807) is 12.1 Å². The highest BCUT2D eigenvalue weighted by Gasteiger charge is 2.05. The number of H-pyrrole nitrogens is 1. The Balaban J connectivity index is 2.42. The summed E-state index contributed by atoms with van der Waals surface area (Å²) in [5.41, 5.74) is 0.0464. The topological polar surface area (TPSA) is 95.9 Å². The van der Waals surface area contributed by atoms with E-state index in [0.717, 1.165) is 0 Å². The van der Waals surface area contributed by atoms with E-state index < -0.39 is 5.97 Å². The molecule has 2 aromatic rings. The molecule has 0 aliphatic heterocycles. The van der Waals surface area contributed by atoms with Crippen molar-refractivity contribution in [3.05, 3.63) is 34.5 Å². The summed E-state index contributed by atoms with van der Waals surface area (Å²) in [6.07, 6.45) is 1.66. The quantitative estimate of drug-likeness (QED) is 0.775. The summed E-state index contributed by atoms with van der Waals surface area (Å²) >= 11 is 0. The number of carbonyl (C=O) groups is 1. The third-order valence-electron chi connectivity index (χ3n) is 2.11. The molecular formula is C10H9N3O3. The predicted octanol–water partition coefficient (Wildman–Crippen LogP) is 0.335. The third-order valence-corrected chi connectivity index (χ3v) is 2.11. The zero-order valence-electron chi connectivity index (χ0n) is 8.30. The summed E-state index contributed by atoms with van der Waals surface area (Å²) in [7, 11) is 0. The summed E-state index contributed by atoms with van der Waals surface area (Å²) in [5.74, 6) is -0.581. The van der Waals surface area contributed by atoms with Crippen LogP contribution in [0.2, 0.25) is 0 Å². The zero-order valence-corrected chi connectivity index (χ0v) is 8.30. The molecule has 0 amide bonds. The van der Waals surface area contributed by atoms with Crippen molar-refractivity contribution in [2.45, 2.75) is 12.8 Å². The molecule has 0 saturated heterocycles. The molecule has 0 saturated carbocycles. The maximum Gasteiger partial charge on any atom is 0.303 e. The molecule has 6 heteroatoms. The van der Waals surface area contributed by atoms with Gasteiger partial charge in [0, 0.05) is 12.6 Å². The Kier molecular flexibility index (Phi) is 2.63. The monoisotopic (exact) mass is 219 g/mol. The average Bonchev–Trinajstić information content (AvgIpc) is 2.26. The van der Waals surface area contributed by atoms with Crippen LogP contribution in [0.5, 0.6) is 0 Å². The van der Waals surface area contributed by atoms with Crippen molar-refractivity contribution < 1.29 is 9.90 Å². The number of carboxylic acid groups (broad SMARTS) is 1. The number of hydrogen-bond donors (Lipinski definition) is 2. The van der Waals surface area contributed by atoms with Gasteiger partial charge in [0.25, 0.3) is 5.56 Å². The predicted molar refractivity (Wildman–Crippen MR) is 56.1 cm³/mol. The van der Waals surface area contributed by atoms with Gasteiger partial charge in [-0.1, -0.05) is 0 Å². The average molecular weight is 219 g/mol. The Morgan fingerprint density at radius 3 is 3.06 bits per heavy atom. The minimum absolute atomic E-state index is 0.0682. The van der Waals surface area contributed by atoms with Crippen molar-refractivity contribution in [3.63, 3.8) is 0 Å². The third kappa shape index (κ3) is 2.05. The van der Waals surface area contributed by atoms with Gasteiger partial charge in [0.05, 0.1) is 11.8 Å². The minimum atomic E-state index is -0.927. The van der Waals surface area contributed by atoms with Gasteiger partial charge in [-0.15, -0.1) is 0 Å². The number of rotatable bonds is 3. The number of nitrogens with zero attached hydrogens (tertiary/aromatic N) is 2. The van der Waals surface area contributed by atoms with E-state index in [2.05, 4.69) is 15.0 Å². The Labute approximate surface area is 90.0 Å². The van der Waals surface area contributed by atoms with E-state index in [1.807, 2.05) is 0 Å². The first-order valence-corrected chi connectivity index (χ1v) is 4.72. The van der Waals surface area contributed by atoms with Gasteiger partial charge < -0.3 is 10.1 Å². The van der Waals surface area contributed by atoms with Crippen molar-refractivity contribution in [2.24, 2.45) is 0 Å². The molecule has 6 nitrogen and oxygen atoms in total. The van der Waals surface area contributed by atoms with Crippen molar-refractivity contribution in [2.75, 3.05) is 0 Å². The van der Waals surface area contributed by atoms with Crippen LogP contribution in [0.3, 0.4) is 0 Å². The van der Waals surface area contributed by atoms with Crippen LogP contribution in [0.1, 0.15) is 12.2 Å². The van der Waals surface area contributed by atoms with Crippen molar-refractivity contribution in [3.8, 4) is 0 Å². The smallest absolute Gasteiger partial charge is 0.303 e. The SMILES string of the molecule is O=C(O)CCc1nc2ncccc2c(=O)[nH]1. The van der Waals surface area contributed by atoms with Crippen LogP contribution in [0.25, 0.3) is 11.0 Å². The first-order chi connectivity index (χ1) is 7.66. The number of aliphatic carboxylic acids is 1. The molecule has 2 N–H and O–H groups in total. The van der Waals surface area contributed by atoms with E-state index in [0.29, 0.717) is 16.9 Å². The summed E-state index contributed by atoms with van der Waals surface area (Å²) in [4.78, 5) is 32.5. The van der Waals surface area contributed by atoms with Gasteiger partial charge in [-0.25, -0.2) is 9.97 Å². The van der Waals surface area contributed by atoms with Gasteiger partial charge in [-0.2, -0.15) is 0 Å². The molecule has 0 spiro atoms. The second-order valence-corrected chi connectivity index (χ2v) is 3.28. The van der Waals surface area contributed by atoms with Crippen molar-refractivity contribution in [1.82, 2.24) is 15.0 Å². The molecule has 0 fully saturated rings. The second kappa shape index (κ2) is 4.09. The molecule has 2 aromatic heterocycles. The minimum Gasteiger partial charge on any atom is -0.481 e. The molecule has 0 radical (unpaired) electrons. The van der Waals surface area contributed by atoms with Crippen LogP contribution < -0.4 is 5.56 Å². The first-order valence-electron chi connectivity index (χ1n) is 4.72. The van der Waals surface area contributed by atoms with E-state index >= 15 is 0 Å². The Hall–Kier alpha value is -2.24. The molecule has 0 aliphatic rings. The van der Waals surface area contributed by atoms with E-state index in [-0.39, 0.29) is 18.4 Å². The highest BCUT2D eigenvalue weighted by atomic mass is 16.4. The number of hydrogen-bond acceptors (Lipinski definition) is 4. The van der Waals surface area contributed by atoms with Gasteiger partial charge in [-0.05, 0) is 12.1 Å². The number of fused-ring (bicyclic) bond motifs is 1. The fourth-order valence-corrected chi connectivity index (χ4v) is 1.36. The molecule has 0 aliphatic carbocycles. The fraction of sp³-hybridized carbons (Fsp3) is 0.200. The lowest BCUT2D eigenvalue weighted by atomic mass is 10.3.